The van der Waals surface area contributed by atoms with Gasteiger partial charge in [0.15, 0.2) is 0 Å². The van der Waals surface area contributed by atoms with Gasteiger partial charge in [0.05, 0.1) is 25.7 Å². The van der Waals surface area contributed by atoms with Gasteiger partial charge in [0.1, 0.15) is 5.75 Å². The SMILES string of the molecule is COCCN(CC1CC2(CCN(C(=O)Cc3ccc(O)cc3)CC2)CO1)C(C)C. The van der Waals surface area contributed by atoms with E-state index in [2.05, 4.69) is 18.7 Å². The molecule has 1 N–H and O–H groups in total. The molecule has 1 aromatic carbocycles. The molecule has 6 nitrogen and oxygen atoms in total. The van der Waals surface area contributed by atoms with E-state index in [4.69, 9.17) is 9.47 Å². The molecular weight excluding hydrogens is 368 g/mol. The Balaban J connectivity index is 1.47. The minimum Gasteiger partial charge on any atom is -0.508 e. The summed E-state index contributed by atoms with van der Waals surface area (Å²) in [5.41, 5.74) is 1.17. The number of phenolic OH excluding ortho intramolecular Hbond substituents is 1. The third-order valence-corrected chi connectivity index (χ3v) is 6.51. The number of rotatable bonds is 8. The second-order valence-electron chi connectivity index (χ2n) is 8.94. The largest absolute Gasteiger partial charge is 0.508 e. The van der Waals surface area contributed by atoms with Crippen LogP contribution in [0.3, 0.4) is 0 Å². The Morgan fingerprint density at radius 1 is 1.31 bits per heavy atom. The number of hydrogen-bond donors (Lipinski definition) is 1. The molecule has 2 saturated heterocycles. The number of piperidine rings is 1. The second-order valence-corrected chi connectivity index (χ2v) is 8.94. The number of ether oxygens (including phenoxy) is 2. The molecule has 0 radical (unpaired) electrons. The van der Waals surface area contributed by atoms with Gasteiger partial charge in [-0.1, -0.05) is 12.1 Å². The molecule has 3 rings (SSSR count). The molecule has 29 heavy (non-hydrogen) atoms. The Kier molecular flexibility index (Phi) is 7.55. The zero-order valence-electron chi connectivity index (χ0n) is 18.1. The lowest BCUT2D eigenvalue weighted by atomic mass is 9.76. The van der Waals surface area contributed by atoms with Gasteiger partial charge in [-0.2, -0.15) is 0 Å². The Morgan fingerprint density at radius 2 is 2.00 bits per heavy atom. The first kappa shape index (κ1) is 22.1. The van der Waals surface area contributed by atoms with Crippen molar-refractivity contribution in [1.82, 2.24) is 9.80 Å². The summed E-state index contributed by atoms with van der Waals surface area (Å²) in [5, 5.41) is 9.39. The van der Waals surface area contributed by atoms with Crippen LogP contribution in [-0.2, 0) is 20.7 Å². The predicted octanol–water partition coefficient (Wildman–Crippen LogP) is 2.69. The van der Waals surface area contributed by atoms with E-state index in [-0.39, 0.29) is 23.2 Å². The zero-order valence-corrected chi connectivity index (χ0v) is 18.1. The maximum atomic E-state index is 12.7. The Hall–Kier alpha value is -1.63. The molecule has 0 aliphatic carbocycles. The van der Waals surface area contributed by atoms with Crippen molar-refractivity contribution in [3.05, 3.63) is 29.8 Å². The summed E-state index contributed by atoms with van der Waals surface area (Å²) in [6, 6.07) is 7.38. The monoisotopic (exact) mass is 404 g/mol. The lowest BCUT2D eigenvalue weighted by Crippen LogP contribution is -2.44. The van der Waals surface area contributed by atoms with Crippen molar-refractivity contribution in [1.29, 1.82) is 0 Å². The first-order chi connectivity index (χ1) is 13.9. The molecule has 6 heteroatoms. The van der Waals surface area contributed by atoms with E-state index in [0.717, 1.165) is 64.2 Å². The van der Waals surface area contributed by atoms with Crippen LogP contribution in [0.4, 0.5) is 0 Å². The quantitative estimate of drug-likeness (QED) is 0.722. The number of likely N-dealkylation sites (tertiary alicyclic amines) is 1. The number of aromatic hydroxyl groups is 1. The highest BCUT2D eigenvalue weighted by atomic mass is 16.5. The van der Waals surface area contributed by atoms with Crippen molar-refractivity contribution >= 4 is 5.91 Å². The fraction of sp³-hybridized carbons (Fsp3) is 0.696. The zero-order chi connectivity index (χ0) is 20.9. The molecule has 0 aromatic heterocycles. The van der Waals surface area contributed by atoms with Crippen molar-refractivity contribution in [2.24, 2.45) is 5.41 Å². The van der Waals surface area contributed by atoms with E-state index in [9.17, 15) is 9.90 Å². The van der Waals surface area contributed by atoms with E-state index in [1.807, 2.05) is 17.0 Å². The average Bonchev–Trinajstić information content (AvgIpc) is 3.09. The van der Waals surface area contributed by atoms with E-state index >= 15 is 0 Å². The van der Waals surface area contributed by atoms with Gasteiger partial charge in [-0.25, -0.2) is 0 Å². The number of carbonyl (C=O) groups is 1. The number of carbonyl (C=O) groups excluding carboxylic acids is 1. The maximum absolute atomic E-state index is 12.7. The summed E-state index contributed by atoms with van der Waals surface area (Å²) < 4.78 is 11.4. The molecule has 2 aliphatic heterocycles. The summed E-state index contributed by atoms with van der Waals surface area (Å²) in [6.45, 7) is 9.50. The summed E-state index contributed by atoms with van der Waals surface area (Å²) >= 11 is 0. The molecule has 1 aromatic rings. The van der Waals surface area contributed by atoms with Gasteiger partial charge < -0.3 is 19.5 Å². The standard InChI is InChI=1S/C23H36N2O4/c1-18(2)25(12-13-28-3)16-21-15-23(17-29-21)8-10-24(11-9-23)22(27)14-19-4-6-20(26)7-5-19/h4-7,18,21,26H,8-17H2,1-3H3. The summed E-state index contributed by atoms with van der Waals surface area (Å²) in [7, 11) is 1.75. The number of phenols is 1. The van der Waals surface area contributed by atoms with Gasteiger partial charge in [-0.3, -0.25) is 9.69 Å². The van der Waals surface area contributed by atoms with Crippen molar-refractivity contribution in [3.63, 3.8) is 0 Å². The van der Waals surface area contributed by atoms with E-state index in [1.165, 1.54) is 0 Å². The van der Waals surface area contributed by atoms with Gasteiger partial charge >= 0.3 is 0 Å². The van der Waals surface area contributed by atoms with Crippen molar-refractivity contribution in [2.45, 2.75) is 51.7 Å². The predicted molar refractivity (Wildman–Crippen MR) is 113 cm³/mol. The molecule has 0 saturated carbocycles. The molecule has 1 amide bonds. The van der Waals surface area contributed by atoms with Gasteiger partial charge in [0, 0.05) is 39.3 Å². The fourth-order valence-corrected chi connectivity index (χ4v) is 4.52. The van der Waals surface area contributed by atoms with Crippen LogP contribution in [0.1, 0.15) is 38.7 Å². The Morgan fingerprint density at radius 3 is 2.62 bits per heavy atom. The van der Waals surface area contributed by atoms with Gasteiger partial charge in [0.2, 0.25) is 5.91 Å². The van der Waals surface area contributed by atoms with Crippen LogP contribution in [0.5, 0.6) is 5.75 Å². The number of hydrogen-bond acceptors (Lipinski definition) is 5. The first-order valence-electron chi connectivity index (χ1n) is 10.8. The van der Waals surface area contributed by atoms with Gasteiger partial charge in [0.25, 0.3) is 0 Å². The van der Waals surface area contributed by atoms with Crippen molar-refractivity contribution in [2.75, 3.05) is 46.5 Å². The van der Waals surface area contributed by atoms with Crippen LogP contribution in [0, 0.1) is 5.41 Å². The highest BCUT2D eigenvalue weighted by molar-refractivity contribution is 5.78. The maximum Gasteiger partial charge on any atom is 0.226 e. The molecule has 1 spiro atoms. The lowest BCUT2D eigenvalue weighted by Gasteiger charge is -2.38. The Labute approximate surface area is 174 Å². The van der Waals surface area contributed by atoms with Crippen LogP contribution in [0.25, 0.3) is 0 Å². The molecule has 162 valence electrons. The molecular formula is C23H36N2O4. The van der Waals surface area contributed by atoms with Gasteiger partial charge in [-0.15, -0.1) is 0 Å². The normalized spacial score (nSPS) is 21.4. The van der Waals surface area contributed by atoms with Crippen LogP contribution in [-0.4, -0.2) is 79.5 Å². The smallest absolute Gasteiger partial charge is 0.226 e. The lowest BCUT2D eigenvalue weighted by molar-refractivity contribution is -0.132. The third-order valence-electron chi connectivity index (χ3n) is 6.51. The van der Waals surface area contributed by atoms with Crippen LogP contribution < -0.4 is 0 Å². The van der Waals surface area contributed by atoms with E-state index in [1.54, 1.807) is 19.2 Å². The fourth-order valence-electron chi connectivity index (χ4n) is 4.52. The number of amides is 1. The van der Waals surface area contributed by atoms with Crippen LogP contribution in [0.2, 0.25) is 0 Å². The van der Waals surface area contributed by atoms with E-state index in [0.29, 0.717) is 12.5 Å². The molecule has 1 atom stereocenters. The number of benzene rings is 1. The second kappa shape index (κ2) is 9.92. The summed E-state index contributed by atoms with van der Waals surface area (Å²) in [5.74, 6) is 0.404. The van der Waals surface area contributed by atoms with Crippen LogP contribution in [0.15, 0.2) is 24.3 Å². The minimum absolute atomic E-state index is 0.173. The van der Waals surface area contributed by atoms with E-state index < -0.39 is 0 Å². The summed E-state index contributed by atoms with van der Waals surface area (Å²) in [4.78, 5) is 17.1. The molecule has 2 aliphatic rings. The molecule has 0 bridgehead atoms. The molecule has 2 fully saturated rings. The van der Waals surface area contributed by atoms with Crippen molar-refractivity contribution < 1.29 is 19.4 Å². The number of nitrogens with zero attached hydrogens (tertiary/aromatic N) is 2. The van der Waals surface area contributed by atoms with Crippen molar-refractivity contribution in [3.8, 4) is 5.75 Å². The summed E-state index contributed by atoms with van der Waals surface area (Å²) in [6.07, 6.45) is 3.79. The third kappa shape index (κ3) is 5.93. The van der Waals surface area contributed by atoms with Gasteiger partial charge in [-0.05, 0) is 56.2 Å². The topological polar surface area (TPSA) is 62.2 Å². The molecule has 2 heterocycles. The highest BCUT2D eigenvalue weighted by Crippen LogP contribution is 2.42. The Bertz CT molecular complexity index is 653. The number of methoxy groups -OCH3 is 1. The minimum atomic E-state index is 0.173. The first-order valence-corrected chi connectivity index (χ1v) is 10.8. The molecule has 1 unspecified atom stereocenters. The van der Waals surface area contributed by atoms with Crippen LogP contribution >= 0.6 is 0 Å². The average molecular weight is 405 g/mol. The highest BCUT2D eigenvalue weighted by Gasteiger charge is 2.43.